The molecule has 3 aromatic carbocycles. The minimum Gasteiger partial charge on any atom is -0.507 e. The monoisotopic (exact) mass is 694 g/mol. The maximum atomic E-state index is 14.5. The summed E-state index contributed by atoms with van der Waals surface area (Å²) in [6, 6.07) is 11.7. The van der Waals surface area contributed by atoms with Crippen LogP contribution in [0.1, 0.15) is 48.6 Å². The number of nitrogens with two attached hydrogens (primary N) is 1. The second kappa shape index (κ2) is 11.6. The summed E-state index contributed by atoms with van der Waals surface area (Å²) in [5, 5.41) is 35.4. The fourth-order valence-corrected chi connectivity index (χ4v) is 8.45. The topological polar surface area (TPSA) is 236 Å². The van der Waals surface area contributed by atoms with Gasteiger partial charge in [0.15, 0.2) is 34.7 Å². The molecule has 51 heavy (non-hydrogen) atoms. The average Bonchev–Trinajstić information content (AvgIpc) is 3.32. The van der Waals surface area contributed by atoms with Crippen molar-refractivity contribution < 1.29 is 48.7 Å². The zero-order chi connectivity index (χ0) is 36.8. The van der Waals surface area contributed by atoms with Crippen LogP contribution in [0.4, 0.5) is 5.69 Å². The van der Waals surface area contributed by atoms with E-state index in [1.807, 2.05) is 0 Å². The van der Waals surface area contributed by atoms with Crippen molar-refractivity contribution in [1.29, 1.82) is 0 Å². The maximum Gasteiger partial charge on any atom is 0.270 e. The lowest BCUT2D eigenvalue weighted by atomic mass is 9.52. The molecule has 3 aromatic rings. The van der Waals surface area contributed by atoms with E-state index in [4.69, 9.17) is 5.73 Å². The third-order valence-electron chi connectivity index (χ3n) is 10.7. The zero-order valence-electron chi connectivity index (χ0n) is 27.2. The van der Waals surface area contributed by atoms with Crippen molar-refractivity contribution in [2.24, 2.45) is 29.4 Å². The Labute approximate surface area is 288 Å². The number of Topliss-reactive ketones (excluding diaryl/α,β-unsaturated/α-hetero) is 4. The molecule has 4 N–H and O–H groups in total. The molecule has 15 nitrogen and oxygen atoms in total. The average molecular weight is 695 g/mol. The van der Waals surface area contributed by atoms with Gasteiger partial charge in [-0.05, 0) is 67.7 Å². The van der Waals surface area contributed by atoms with Gasteiger partial charge >= 0.3 is 0 Å². The van der Waals surface area contributed by atoms with Gasteiger partial charge in [-0.25, -0.2) is 0 Å². The molecule has 3 amide bonds. The number of nitro groups is 1. The summed E-state index contributed by atoms with van der Waals surface area (Å²) in [7, 11) is 2.95. The number of hydrogen-bond acceptors (Lipinski definition) is 12. The smallest absolute Gasteiger partial charge is 0.270 e. The lowest BCUT2D eigenvalue weighted by molar-refractivity contribution is -0.384. The number of nitro benzene ring substituents is 1. The number of phenolic OH excluding ortho intramolecular Hbond substituents is 1. The first-order valence-electron chi connectivity index (χ1n) is 16.0. The van der Waals surface area contributed by atoms with E-state index in [0.29, 0.717) is 0 Å². The predicted octanol–water partition coefficient (Wildman–Crippen LogP) is 1.24. The van der Waals surface area contributed by atoms with Gasteiger partial charge in [0.05, 0.1) is 40.1 Å². The minimum atomic E-state index is -2.94. The molecule has 0 saturated heterocycles. The van der Waals surface area contributed by atoms with E-state index in [0.717, 1.165) is 4.90 Å². The van der Waals surface area contributed by atoms with Crippen LogP contribution in [0, 0.1) is 33.8 Å². The van der Waals surface area contributed by atoms with Gasteiger partial charge in [0.25, 0.3) is 17.5 Å². The molecule has 6 atom stereocenters. The Balaban J connectivity index is 1.39. The third kappa shape index (κ3) is 4.68. The molecule has 0 bridgehead atoms. The second-order valence-electron chi connectivity index (χ2n) is 13.6. The van der Waals surface area contributed by atoms with Gasteiger partial charge < -0.3 is 15.9 Å². The van der Waals surface area contributed by atoms with Crippen LogP contribution in [0.5, 0.6) is 5.75 Å². The van der Waals surface area contributed by atoms with Gasteiger partial charge in [-0.1, -0.05) is 24.3 Å². The fraction of sp³-hybridized carbons (Fsp3) is 0.306. The first-order valence-corrected chi connectivity index (χ1v) is 16.0. The van der Waals surface area contributed by atoms with Crippen molar-refractivity contribution in [2.45, 2.75) is 31.0 Å². The number of ketones is 4. The van der Waals surface area contributed by atoms with Gasteiger partial charge in [0.2, 0.25) is 5.91 Å². The Hall–Kier alpha value is -5.93. The number of carbonyl (C=O) groups excluding carboxylic acids is 7. The van der Waals surface area contributed by atoms with Crippen molar-refractivity contribution in [3.63, 3.8) is 0 Å². The molecular weight excluding hydrogens is 664 g/mol. The summed E-state index contributed by atoms with van der Waals surface area (Å²) in [4.78, 5) is 108. The van der Waals surface area contributed by atoms with Crippen LogP contribution >= 0.6 is 0 Å². The van der Waals surface area contributed by atoms with Crippen LogP contribution in [0.25, 0.3) is 11.1 Å². The van der Waals surface area contributed by atoms with E-state index < -0.39 is 93.4 Å². The van der Waals surface area contributed by atoms with E-state index in [2.05, 4.69) is 0 Å². The highest BCUT2D eigenvalue weighted by Crippen LogP contribution is 2.52. The van der Waals surface area contributed by atoms with Crippen molar-refractivity contribution in [3.05, 3.63) is 92.5 Å². The Bertz CT molecular complexity index is 2140. The van der Waals surface area contributed by atoms with E-state index in [9.17, 15) is 53.9 Å². The Morgan fingerprint density at radius 3 is 2.22 bits per heavy atom. The molecule has 3 aliphatic carbocycles. The molecule has 1 aliphatic heterocycles. The number of benzene rings is 3. The van der Waals surface area contributed by atoms with E-state index in [-0.39, 0.29) is 57.5 Å². The quantitative estimate of drug-likeness (QED) is 0.143. The SMILES string of the molecule is CN(C)[C@@H]1C(=O)C(C(N)=O)C(=O)[C@@]2(O)C(=O)C3C(=O)c4c(O)c(CN5C(=O)c6ccccc6C5=O)cc(-c5cccc([N+](=O)[O-])c5)c4C[C@H]3C[C@@H]12. The lowest BCUT2D eigenvalue weighted by Gasteiger charge is -2.52. The van der Waals surface area contributed by atoms with Gasteiger partial charge in [-0.3, -0.25) is 53.5 Å². The van der Waals surface area contributed by atoms with Crippen LogP contribution in [-0.4, -0.2) is 91.5 Å². The zero-order valence-corrected chi connectivity index (χ0v) is 27.2. The van der Waals surface area contributed by atoms with Crippen molar-refractivity contribution in [2.75, 3.05) is 14.1 Å². The van der Waals surface area contributed by atoms with E-state index in [1.165, 1.54) is 61.5 Å². The van der Waals surface area contributed by atoms with Crippen LogP contribution in [0.2, 0.25) is 0 Å². The molecule has 15 heteroatoms. The van der Waals surface area contributed by atoms with Crippen LogP contribution in [0.15, 0.2) is 54.6 Å². The summed E-state index contributed by atoms with van der Waals surface area (Å²) in [6.07, 6.45) is -0.305. The number of primary amides is 1. The number of likely N-dealkylation sites (N-methyl/N-ethyl adjacent to an activating group) is 1. The van der Waals surface area contributed by atoms with Crippen LogP contribution < -0.4 is 5.73 Å². The summed E-state index contributed by atoms with van der Waals surface area (Å²) >= 11 is 0. The largest absolute Gasteiger partial charge is 0.507 e. The minimum absolute atomic E-state index is 0.0859. The molecule has 4 aliphatic rings. The number of phenols is 1. The number of amides is 3. The van der Waals surface area contributed by atoms with Gasteiger partial charge in [-0.2, -0.15) is 0 Å². The summed E-state index contributed by atoms with van der Waals surface area (Å²) in [5.74, 6) is -13.9. The number of aliphatic hydroxyl groups is 1. The molecule has 0 radical (unpaired) electrons. The summed E-state index contributed by atoms with van der Waals surface area (Å²) < 4.78 is 0. The predicted molar refractivity (Wildman–Crippen MR) is 174 cm³/mol. The molecule has 0 aromatic heterocycles. The van der Waals surface area contributed by atoms with Gasteiger partial charge in [0.1, 0.15) is 5.75 Å². The first kappa shape index (κ1) is 33.6. The number of fused-ring (bicyclic) bond motifs is 4. The number of imide groups is 1. The molecule has 2 fully saturated rings. The first-order chi connectivity index (χ1) is 24.1. The summed E-state index contributed by atoms with van der Waals surface area (Å²) in [5.41, 5.74) is 2.68. The number of hydrogen-bond donors (Lipinski definition) is 3. The number of rotatable bonds is 6. The maximum absolute atomic E-state index is 14.5. The number of carbonyl (C=O) groups is 7. The molecule has 2 unspecified atom stereocenters. The highest BCUT2D eigenvalue weighted by atomic mass is 16.6. The van der Waals surface area contributed by atoms with Crippen molar-refractivity contribution in [3.8, 4) is 16.9 Å². The lowest BCUT2D eigenvalue weighted by Crippen LogP contribution is -2.74. The third-order valence-corrected chi connectivity index (χ3v) is 10.7. The van der Waals surface area contributed by atoms with Crippen molar-refractivity contribution >= 4 is 46.5 Å². The Morgan fingerprint density at radius 1 is 0.980 bits per heavy atom. The van der Waals surface area contributed by atoms with Crippen LogP contribution in [-0.2, 0) is 32.1 Å². The molecular formula is C36H30N4O11. The number of aromatic hydroxyl groups is 1. The summed E-state index contributed by atoms with van der Waals surface area (Å²) in [6.45, 7) is -0.514. The second-order valence-corrected chi connectivity index (χ2v) is 13.6. The Kier molecular flexibility index (Phi) is 7.61. The highest BCUT2D eigenvalue weighted by molar-refractivity contribution is 6.32. The molecule has 2 saturated carbocycles. The molecule has 0 spiro atoms. The number of non-ortho nitro benzene ring substituents is 1. The Morgan fingerprint density at radius 2 is 1.63 bits per heavy atom. The van der Waals surface area contributed by atoms with Gasteiger partial charge in [0, 0.05) is 23.6 Å². The standard InChI is InChI=1S/C36H30N4O11/c1-38(2)27-23-13-16-11-22-21(15-6-5-7-18(10-15)40(50)51)12-17(14-39-34(47)19-8-3-4-9-20(19)35(39)48)28(41)25(22)29(42)24(16)31(44)36(23,49)32(45)26(30(27)43)33(37)46/h3-10,12,16,23-24,26-27,41,49H,11,13-14H2,1-2H3,(H2,37,46)/t16-,23-,24?,26?,27-,36-/m0/s1. The highest BCUT2D eigenvalue weighted by Gasteiger charge is 2.69. The normalized spacial score (nSPS) is 26.9. The van der Waals surface area contributed by atoms with E-state index >= 15 is 0 Å². The van der Waals surface area contributed by atoms with Crippen LogP contribution in [0.3, 0.4) is 0 Å². The van der Waals surface area contributed by atoms with E-state index in [1.54, 1.807) is 12.1 Å². The van der Waals surface area contributed by atoms with Gasteiger partial charge in [-0.15, -0.1) is 0 Å². The molecule has 1 heterocycles. The van der Waals surface area contributed by atoms with Crippen molar-refractivity contribution in [1.82, 2.24) is 9.80 Å². The fourth-order valence-electron chi connectivity index (χ4n) is 8.45. The molecule has 7 rings (SSSR count). The number of nitrogens with zero attached hydrogens (tertiary/aromatic N) is 3. The molecule has 260 valence electrons.